The molecule has 3 rings (SSSR count). The Kier molecular flexibility index (Phi) is 5.47. The Morgan fingerprint density at radius 3 is 2.62 bits per heavy atom. The summed E-state index contributed by atoms with van der Waals surface area (Å²) < 4.78 is 25.0. The maximum atomic E-state index is 12.7. The van der Waals surface area contributed by atoms with Gasteiger partial charge in [0.05, 0.1) is 6.26 Å². The molecule has 0 radical (unpaired) electrons. The van der Waals surface area contributed by atoms with Gasteiger partial charge >= 0.3 is 6.03 Å². The molecular weight excluding hydrogens is 356 g/mol. The van der Waals surface area contributed by atoms with Crippen molar-refractivity contribution in [3.05, 3.63) is 29.8 Å². The number of nitrogens with one attached hydrogen (secondary N) is 2. The number of carbonyl (C=O) groups is 2. The van der Waals surface area contributed by atoms with Crippen molar-refractivity contribution in [2.45, 2.75) is 12.8 Å². The Hall–Kier alpha value is -2.13. The van der Waals surface area contributed by atoms with E-state index in [1.807, 2.05) is 0 Å². The number of likely N-dealkylation sites (tertiary alicyclic amines) is 1. The summed E-state index contributed by atoms with van der Waals surface area (Å²) in [6, 6.07) is 6.92. The molecule has 1 aromatic rings. The maximum absolute atomic E-state index is 12.7. The molecule has 2 heterocycles. The minimum Gasteiger partial charge on any atom is -0.338 e. The average molecular weight is 380 g/mol. The summed E-state index contributed by atoms with van der Waals surface area (Å²) >= 11 is 0. The monoisotopic (exact) mass is 380 g/mol. The zero-order valence-corrected chi connectivity index (χ0v) is 15.6. The van der Waals surface area contributed by atoms with Crippen molar-refractivity contribution in [2.75, 3.05) is 43.9 Å². The van der Waals surface area contributed by atoms with Crippen LogP contribution in [-0.4, -0.2) is 64.2 Å². The van der Waals surface area contributed by atoms with Crippen molar-refractivity contribution in [1.82, 2.24) is 14.9 Å². The molecule has 142 valence electrons. The summed E-state index contributed by atoms with van der Waals surface area (Å²) in [6.07, 6.45) is 2.89. The summed E-state index contributed by atoms with van der Waals surface area (Å²) in [4.78, 5) is 27.9. The van der Waals surface area contributed by atoms with Gasteiger partial charge in [0, 0.05) is 44.0 Å². The Morgan fingerprint density at radius 1 is 1.27 bits per heavy atom. The molecule has 0 bridgehead atoms. The van der Waals surface area contributed by atoms with Crippen LogP contribution in [0.2, 0.25) is 0 Å². The first-order valence-corrected chi connectivity index (χ1v) is 10.6. The Morgan fingerprint density at radius 2 is 2.00 bits per heavy atom. The smallest absolute Gasteiger partial charge is 0.321 e. The van der Waals surface area contributed by atoms with Crippen LogP contribution in [0.15, 0.2) is 24.3 Å². The van der Waals surface area contributed by atoms with Gasteiger partial charge in [0.15, 0.2) is 0 Å². The third-order valence-electron chi connectivity index (χ3n) is 4.72. The number of rotatable bonds is 5. The number of sulfonamides is 1. The fourth-order valence-electron chi connectivity index (χ4n) is 3.37. The number of urea groups is 1. The highest BCUT2D eigenvalue weighted by Crippen LogP contribution is 2.21. The predicted molar refractivity (Wildman–Crippen MR) is 98.7 cm³/mol. The van der Waals surface area contributed by atoms with Gasteiger partial charge in [-0.25, -0.2) is 17.9 Å². The summed E-state index contributed by atoms with van der Waals surface area (Å²) in [6.45, 7) is 2.80. The van der Waals surface area contributed by atoms with Crippen LogP contribution in [0, 0.1) is 5.92 Å². The van der Waals surface area contributed by atoms with Crippen molar-refractivity contribution in [1.29, 1.82) is 0 Å². The van der Waals surface area contributed by atoms with Crippen LogP contribution in [0.25, 0.3) is 0 Å². The van der Waals surface area contributed by atoms with Gasteiger partial charge in [0.2, 0.25) is 10.0 Å². The lowest BCUT2D eigenvalue weighted by Crippen LogP contribution is -2.43. The highest BCUT2D eigenvalue weighted by Gasteiger charge is 2.26. The molecule has 2 fully saturated rings. The van der Waals surface area contributed by atoms with E-state index in [1.165, 1.54) is 0 Å². The third-order valence-corrected chi connectivity index (χ3v) is 5.41. The van der Waals surface area contributed by atoms with E-state index in [1.54, 1.807) is 34.1 Å². The SMILES string of the molecule is CS(=O)(=O)NCC1CCCN(C(=O)c2ccc(N3CCNC3=O)cc2)C1. The lowest BCUT2D eigenvalue weighted by Gasteiger charge is -2.33. The van der Waals surface area contributed by atoms with E-state index in [2.05, 4.69) is 10.0 Å². The number of carbonyl (C=O) groups excluding carboxylic acids is 2. The van der Waals surface area contributed by atoms with Crippen molar-refractivity contribution in [3.63, 3.8) is 0 Å². The Bertz CT molecular complexity index is 778. The van der Waals surface area contributed by atoms with Gasteiger partial charge in [-0.15, -0.1) is 0 Å². The van der Waals surface area contributed by atoms with Gasteiger partial charge in [-0.05, 0) is 43.0 Å². The summed E-state index contributed by atoms with van der Waals surface area (Å²) in [5.74, 6) is 0.0569. The van der Waals surface area contributed by atoms with Gasteiger partial charge in [0.25, 0.3) is 5.91 Å². The van der Waals surface area contributed by atoms with E-state index in [0.717, 1.165) is 24.8 Å². The van der Waals surface area contributed by atoms with Gasteiger partial charge in [0.1, 0.15) is 0 Å². The second-order valence-corrected chi connectivity index (χ2v) is 8.64. The minimum atomic E-state index is -3.22. The number of nitrogens with zero attached hydrogens (tertiary/aromatic N) is 2. The summed E-state index contributed by atoms with van der Waals surface area (Å²) in [5, 5.41) is 2.75. The van der Waals surface area contributed by atoms with Crippen LogP contribution < -0.4 is 14.9 Å². The lowest BCUT2D eigenvalue weighted by atomic mass is 9.97. The molecule has 2 saturated heterocycles. The summed E-state index contributed by atoms with van der Waals surface area (Å²) in [5.41, 5.74) is 1.34. The van der Waals surface area contributed by atoms with Gasteiger partial charge in [-0.2, -0.15) is 0 Å². The van der Waals surface area contributed by atoms with Crippen molar-refractivity contribution < 1.29 is 18.0 Å². The first kappa shape index (κ1) is 18.7. The highest BCUT2D eigenvalue weighted by molar-refractivity contribution is 7.88. The number of benzene rings is 1. The quantitative estimate of drug-likeness (QED) is 0.782. The normalized spacial score (nSPS) is 21.0. The first-order valence-electron chi connectivity index (χ1n) is 8.73. The predicted octanol–water partition coefficient (Wildman–Crippen LogP) is 0.618. The van der Waals surface area contributed by atoms with E-state index in [9.17, 15) is 18.0 Å². The number of amides is 3. The fraction of sp³-hybridized carbons (Fsp3) is 0.529. The van der Waals surface area contributed by atoms with Crippen molar-refractivity contribution in [3.8, 4) is 0 Å². The van der Waals surface area contributed by atoms with Gasteiger partial charge in [-0.1, -0.05) is 0 Å². The molecule has 0 saturated carbocycles. The lowest BCUT2D eigenvalue weighted by molar-refractivity contribution is 0.0676. The van der Waals surface area contributed by atoms with Crippen molar-refractivity contribution >= 4 is 27.6 Å². The van der Waals surface area contributed by atoms with E-state index in [4.69, 9.17) is 0 Å². The van der Waals surface area contributed by atoms with E-state index in [0.29, 0.717) is 38.3 Å². The van der Waals surface area contributed by atoms with E-state index in [-0.39, 0.29) is 17.9 Å². The molecule has 1 aromatic carbocycles. The summed E-state index contributed by atoms with van der Waals surface area (Å²) in [7, 11) is -3.22. The minimum absolute atomic E-state index is 0.0634. The average Bonchev–Trinajstić information content (AvgIpc) is 3.05. The standard InChI is InChI=1S/C17H24N4O4S/c1-26(24,25)19-11-13-3-2-9-20(12-13)16(22)14-4-6-15(7-5-14)21-10-8-18-17(21)23/h4-7,13,19H,2-3,8-12H2,1H3,(H,18,23). The molecule has 8 nitrogen and oxygen atoms in total. The van der Waals surface area contributed by atoms with Gasteiger partial charge in [-0.3, -0.25) is 9.69 Å². The Balaban J connectivity index is 1.62. The topological polar surface area (TPSA) is 98.8 Å². The number of piperidine rings is 1. The Labute approximate surface area is 153 Å². The molecule has 2 N–H and O–H groups in total. The maximum Gasteiger partial charge on any atom is 0.321 e. The zero-order valence-electron chi connectivity index (χ0n) is 14.8. The van der Waals surface area contributed by atoms with Crippen LogP contribution in [-0.2, 0) is 10.0 Å². The van der Waals surface area contributed by atoms with E-state index < -0.39 is 10.0 Å². The molecule has 3 amide bonds. The van der Waals surface area contributed by atoms with Crippen molar-refractivity contribution in [2.24, 2.45) is 5.92 Å². The van der Waals surface area contributed by atoms with Gasteiger partial charge < -0.3 is 10.2 Å². The number of anilines is 1. The molecule has 0 aliphatic carbocycles. The van der Waals surface area contributed by atoms with Crippen LogP contribution in [0.5, 0.6) is 0 Å². The van der Waals surface area contributed by atoms with Crippen LogP contribution >= 0.6 is 0 Å². The zero-order chi connectivity index (χ0) is 18.7. The number of hydrogen-bond donors (Lipinski definition) is 2. The molecular formula is C17H24N4O4S. The third kappa shape index (κ3) is 4.53. The molecule has 0 spiro atoms. The van der Waals surface area contributed by atoms with Crippen LogP contribution in [0.3, 0.4) is 0 Å². The second-order valence-electron chi connectivity index (χ2n) is 6.81. The van der Waals surface area contributed by atoms with Crippen LogP contribution in [0.4, 0.5) is 10.5 Å². The highest BCUT2D eigenvalue weighted by atomic mass is 32.2. The molecule has 9 heteroatoms. The second kappa shape index (κ2) is 7.63. The van der Waals surface area contributed by atoms with E-state index >= 15 is 0 Å². The first-order chi connectivity index (χ1) is 12.3. The molecule has 2 aliphatic rings. The molecule has 2 aliphatic heterocycles. The molecule has 1 atom stereocenters. The molecule has 0 aromatic heterocycles. The number of hydrogen-bond acceptors (Lipinski definition) is 4. The fourth-order valence-corrected chi connectivity index (χ4v) is 3.91. The molecule has 26 heavy (non-hydrogen) atoms. The molecule has 1 unspecified atom stereocenters. The van der Waals surface area contributed by atoms with Crippen LogP contribution in [0.1, 0.15) is 23.2 Å². The largest absolute Gasteiger partial charge is 0.338 e.